The summed E-state index contributed by atoms with van der Waals surface area (Å²) in [5.74, 6) is -0.107. The molecule has 16 heavy (non-hydrogen) atoms. The van der Waals surface area contributed by atoms with Crippen LogP contribution in [0.25, 0.3) is 0 Å². The van der Waals surface area contributed by atoms with Gasteiger partial charge in [-0.25, -0.2) is 4.98 Å². The maximum atomic E-state index is 11.9. The van der Waals surface area contributed by atoms with E-state index < -0.39 is 0 Å². The molecule has 0 radical (unpaired) electrons. The second-order valence-corrected chi connectivity index (χ2v) is 4.70. The Morgan fingerprint density at radius 3 is 2.69 bits per heavy atom. The molecule has 1 aromatic rings. The fourth-order valence-electron chi connectivity index (χ4n) is 2.16. The van der Waals surface area contributed by atoms with E-state index in [1.165, 1.54) is 19.0 Å². The van der Waals surface area contributed by atoms with E-state index in [2.05, 4.69) is 17.2 Å². The van der Waals surface area contributed by atoms with Crippen LogP contribution >= 0.6 is 0 Å². The standard InChI is InChI=1S/C12H17N3O/c1-12(6-2-3-7-12)15-11(16)10-5-4-9(13)8-14-10/h4-5,8H,2-3,6-7,13H2,1H3,(H,15,16). The van der Waals surface area contributed by atoms with Crippen LogP contribution in [0.1, 0.15) is 43.1 Å². The van der Waals surface area contributed by atoms with Crippen LogP contribution in [-0.2, 0) is 0 Å². The van der Waals surface area contributed by atoms with Gasteiger partial charge in [0.2, 0.25) is 0 Å². The fraction of sp³-hybridized carbons (Fsp3) is 0.500. The average molecular weight is 219 g/mol. The molecule has 1 fully saturated rings. The van der Waals surface area contributed by atoms with E-state index >= 15 is 0 Å². The van der Waals surface area contributed by atoms with E-state index in [-0.39, 0.29) is 11.4 Å². The maximum Gasteiger partial charge on any atom is 0.270 e. The Balaban J connectivity index is 2.05. The molecule has 0 atom stereocenters. The van der Waals surface area contributed by atoms with Crippen LogP contribution in [-0.4, -0.2) is 16.4 Å². The number of nitrogens with two attached hydrogens (primary N) is 1. The second kappa shape index (κ2) is 4.12. The van der Waals surface area contributed by atoms with Crippen LogP contribution in [0, 0.1) is 0 Å². The van der Waals surface area contributed by atoms with Gasteiger partial charge in [0.25, 0.3) is 5.91 Å². The zero-order valence-corrected chi connectivity index (χ0v) is 9.49. The summed E-state index contributed by atoms with van der Waals surface area (Å²) >= 11 is 0. The van der Waals surface area contributed by atoms with Gasteiger partial charge in [0.15, 0.2) is 0 Å². The molecule has 1 aromatic heterocycles. The van der Waals surface area contributed by atoms with Crippen LogP contribution in [0.15, 0.2) is 18.3 Å². The van der Waals surface area contributed by atoms with Crippen molar-refractivity contribution in [3.63, 3.8) is 0 Å². The zero-order valence-electron chi connectivity index (χ0n) is 9.49. The SMILES string of the molecule is CC1(NC(=O)c2ccc(N)cn2)CCCC1. The van der Waals surface area contributed by atoms with E-state index in [1.807, 2.05) is 0 Å². The van der Waals surface area contributed by atoms with Gasteiger partial charge in [0.05, 0.1) is 11.9 Å². The highest BCUT2D eigenvalue weighted by atomic mass is 16.2. The van der Waals surface area contributed by atoms with Crippen LogP contribution < -0.4 is 11.1 Å². The number of nitrogens with one attached hydrogen (secondary N) is 1. The summed E-state index contributed by atoms with van der Waals surface area (Å²) in [4.78, 5) is 15.9. The van der Waals surface area contributed by atoms with Gasteiger partial charge in [-0.2, -0.15) is 0 Å². The molecule has 4 nitrogen and oxygen atoms in total. The molecule has 0 saturated heterocycles. The Labute approximate surface area is 95.3 Å². The molecule has 1 aliphatic rings. The topological polar surface area (TPSA) is 68.0 Å². The van der Waals surface area contributed by atoms with Gasteiger partial charge >= 0.3 is 0 Å². The van der Waals surface area contributed by atoms with Gasteiger partial charge in [-0.3, -0.25) is 4.79 Å². The van der Waals surface area contributed by atoms with Crippen molar-refractivity contribution in [1.82, 2.24) is 10.3 Å². The number of amides is 1. The lowest BCUT2D eigenvalue weighted by atomic mass is 10.0. The maximum absolute atomic E-state index is 11.9. The van der Waals surface area contributed by atoms with Crippen LogP contribution in [0.4, 0.5) is 5.69 Å². The molecule has 1 aliphatic carbocycles. The van der Waals surface area contributed by atoms with Crippen molar-refractivity contribution >= 4 is 11.6 Å². The quantitative estimate of drug-likeness (QED) is 0.796. The Bertz CT molecular complexity index is 380. The molecule has 0 unspecified atom stereocenters. The van der Waals surface area contributed by atoms with E-state index in [4.69, 9.17) is 5.73 Å². The summed E-state index contributed by atoms with van der Waals surface area (Å²) in [6.07, 6.45) is 5.98. The third-order valence-corrected chi connectivity index (χ3v) is 3.14. The summed E-state index contributed by atoms with van der Waals surface area (Å²) in [5, 5.41) is 3.05. The van der Waals surface area contributed by atoms with E-state index in [1.54, 1.807) is 12.1 Å². The summed E-state index contributed by atoms with van der Waals surface area (Å²) in [7, 11) is 0. The highest BCUT2D eigenvalue weighted by Gasteiger charge is 2.30. The average Bonchev–Trinajstić information content (AvgIpc) is 2.65. The highest BCUT2D eigenvalue weighted by Crippen LogP contribution is 2.29. The summed E-state index contributed by atoms with van der Waals surface area (Å²) in [5.41, 5.74) is 6.47. The molecule has 1 heterocycles. The molecular weight excluding hydrogens is 202 g/mol. The van der Waals surface area contributed by atoms with Gasteiger partial charge in [0, 0.05) is 5.54 Å². The van der Waals surface area contributed by atoms with E-state index in [0.717, 1.165) is 12.8 Å². The van der Waals surface area contributed by atoms with Crippen LogP contribution in [0.2, 0.25) is 0 Å². The minimum atomic E-state index is -0.107. The van der Waals surface area contributed by atoms with Crippen molar-refractivity contribution in [3.8, 4) is 0 Å². The molecule has 86 valence electrons. The second-order valence-electron chi connectivity index (χ2n) is 4.70. The normalized spacial score (nSPS) is 18.3. The lowest BCUT2D eigenvalue weighted by molar-refractivity contribution is 0.0903. The predicted molar refractivity (Wildman–Crippen MR) is 63.0 cm³/mol. The third-order valence-electron chi connectivity index (χ3n) is 3.14. The molecule has 0 aromatic carbocycles. The van der Waals surface area contributed by atoms with Crippen molar-refractivity contribution in [1.29, 1.82) is 0 Å². The minimum absolute atomic E-state index is 0.0554. The number of hydrogen-bond donors (Lipinski definition) is 2. The van der Waals surface area contributed by atoms with Gasteiger partial charge in [-0.1, -0.05) is 12.8 Å². The summed E-state index contributed by atoms with van der Waals surface area (Å²) < 4.78 is 0. The van der Waals surface area contributed by atoms with Crippen molar-refractivity contribution in [2.75, 3.05) is 5.73 Å². The van der Waals surface area contributed by atoms with Gasteiger partial charge in [0.1, 0.15) is 5.69 Å². The van der Waals surface area contributed by atoms with E-state index in [9.17, 15) is 4.79 Å². The number of anilines is 1. The molecular formula is C12H17N3O. The molecule has 2 rings (SSSR count). The first-order valence-electron chi connectivity index (χ1n) is 5.63. The Hall–Kier alpha value is -1.58. The highest BCUT2D eigenvalue weighted by molar-refractivity contribution is 5.92. The molecule has 0 spiro atoms. The first-order valence-corrected chi connectivity index (χ1v) is 5.63. The molecule has 1 amide bonds. The first kappa shape index (κ1) is 10.9. The van der Waals surface area contributed by atoms with Crippen molar-refractivity contribution < 1.29 is 4.79 Å². The van der Waals surface area contributed by atoms with Crippen molar-refractivity contribution in [3.05, 3.63) is 24.0 Å². The minimum Gasteiger partial charge on any atom is -0.397 e. The first-order chi connectivity index (χ1) is 7.59. The van der Waals surface area contributed by atoms with Gasteiger partial charge < -0.3 is 11.1 Å². The monoisotopic (exact) mass is 219 g/mol. The van der Waals surface area contributed by atoms with Crippen molar-refractivity contribution in [2.24, 2.45) is 0 Å². The number of aromatic nitrogens is 1. The summed E-state index contributed by atoms with van der Waals surface area (Å²) in [6, 6.07) is 3.35. The summed E-state index contributed by atoms with van der Waals surface area (Å²) in [6.45, 7) is 2.09. The van der Waals surface area contributed by atoms with Crippen LogP contribution in [0.5, 0.6) is 0 Å². The Kier molecular flexibility index (Phi) is 2.81. The number of carbonyl (C=O) groups excluding carboxylic acids is 1. The Morgan fingerprint density at radius 2 is 2.12 bits per heavy atom. The lowest BCUT2D eigenvalue weighted by Gasteiger charge is -2.24. The lowest BCUT2D eigenvalue weighted by Crippen LogP contribution is -2.43. The predicted octanol–water partition coefficient (Wildman–Crippen LogP) is 1.73. The number of carbonyl (C=O) groups is 1. The molecule has 0 aliphatic heterocycles. The Morgan fingerprint density at radius 1 is 1.44 bits per heavy atom. The number of nitrogens with zero attached hydrogens (tertiary/aromatic N) is 1. The number of hydrogen-bond acceptors (Lipinski definition) is 3. The fourth-order valence-corrected chi connectivity index (χ4v) is 2.16. The zero-order chi connectivity index (χ0) is 11.6. The largest absolute Gasteiger partial charge is 0.397 e. The smallest absolute Gasteiger partial charge is 0.270 e. The van der Waals surface area contributed by atoms with Crippen molar-refractivity contribution in [2.45, 2.75) is 38.1 Å². The number of pyridine rings is 1. The number of nitrogen functional groups attached to an aromatic ring is 1. The van der Waals surface area contributed by atoms with Crippen LogP contribution in [0.3, 0.4) is 0 Å². The molecule has 0 bridgehead atoms. The molecule has 1 saturated carbocycles. The van der Waals surface area contributed by atoms with Gasteiger partial charge in [-0.15, -0.1) is 0 Å². The molecule has 4 heteroatoms. The van der Waals surface area contributed by atoms with Gasteiger partial charge in [-0.05, 0) is 31.9 Å². The van der Waals surface area contributed by atoms with E-state index in [0.29, 0.717) is 11.4 Å². The molecule has 3 N–H and O–H groups in total. The number of rotatable bonds is 2. The third kappa shape index (κ3) is 2.32.